The quantitative estimate of drug-likeness (QED) is 0.572. The number of benzene rings is 1. The minimum absolute atomic E-state index is 0.0910. The molecule has 1 atom stereocenters. The van der Waals surface area contributed by atoms with E-state index in [4.69, 9.17) is 9.47 Å². The maximum Gasteiger partial charge on any atom is 0.511 e. The first-order valence-corrected chi connectivity index (χ1v) is 7.67. The van der Waals surface area contributed by atoms with Crippen LogP contribution < -0.4 is 0 Å². The molecule has 0 aliphatic carbocycles. The van der Waals surface area contributed by atoms with Crippen LogP contribution in [0.5, 0.6) is 0 Å². The molecule has 0 saturated heterocycles. The Hall–Kier alpha value is -2.83. The predicted molar refractivity (Wildman–Crippen MR) is 85.5 cm³/mol. The highest BCUT2D eigenvalue weighted by Gasteiger charge is 2.18. The van der Waals surface area contributed by atoms with Crippen LogP contribution in [0.3, 0.4) is 0 Å². The fourth-order valence-corrected chi connectivity index (χ4v) is 2.10. The Morgan fingerprint density at radius 1 is 1.17 bits per heavy atom. The van der Waals surface area contributed by atoms with Crippen LogP contribution in [0.1, 0.15) is 42.4 Å². The third-order valence-corrected chi connectivity index (χ3v) is 3.37. The molecule has 24 heavy (non-hydrogen) atoms. The molecule has 0 amide bonds. The molecular formula is C17H20N2O5. The molecular weight excluding hydrogens is 312 g/mol. The molecule has 7 heteroatoms. The van der Waals surface area contributed by atoms with Crippen LogP contribution in [0, 0.1) is 0 Å². The molecule has 1 aromatic carbocycles. The lowest BCUT2D eigenvalue weighted by molar-refractivity contribution is -0.0279. The van der Waals surface area contributed by atoms with Gasteiger partial charge in [0.05, 0.1) is 25.2 Å². The fourth-order valence-electron chi connectivity index (χ4n) is 2.10. The Labute approximate surface area is 140 Å². The Morgan fingerprint density at radius 3 is 2.62 bits per heavy atom. The molecule has 0 aliphatic rings. The lowest BCUT2D eigenvalue weighted by Crippen LogP contribution is -2.18. The van der Waals surface area contributed by atoms with E-state index in [0.29, 0.717) is 6.42 Å². The molecule has 1 aromatic heterocycles. The zero-order valence-corrected chi connectivity index (χ0v) is 13.7. The summed E-state index contributed by atoms with van der Waals surface area (Å²) in [5.41, 5.74) is 1.31. The van der Waals surface area contributed by atoms with Gasteiger partial charge in [0.1, 0.15) is 5.69 Å². The minimum atomic E-state index is -0.865. The van der Waals surface area contributed by atoms with Gasteiger partial charge in [-0.05, 0) is 18.9 Å². The third kappa shape index (κ3) is 4.58. The summed E-state index contributed by atoms with van der Waals surface area (Å²) in [6, 6.07) is 9.62. The van der Waals surface area contributed by atoms with Gasteiger partial charge in [0.15, 0.2) is 0 Å². The first kappa shape index (κ1) is 17.5. The number of imidazole rings is 1. The minimum Gasteiger partial charge on any atom is -0.434 e. The highest BCUT2D eigenvalue weighted by Crippen LogP contribution is 2.19. The number of esters is 1. The van der Waals surface area contributed by atoms with Crippen molar-refractivity contribution in [3.05, 3.63) is 54.1 Å². The first-order valence-electron chi connectivity index (χ1n) is 7.67. The van der Waals surface area contributed by atoms with Crippen molar-refractivity contribution in [3.8, 4) is 0 Å². The van der Waals surface area contributed by atoms with Crippen molar-refractivity contribution in [2.24, 2.45) is 0 Å². The monoisotopic (exact) mass is 332 g/mol. The van der Waals surface area contributed by atoms with E-state index in [1.807, 2.05) is 44.2 Å². The number of hydrogen-bond donors (Lipinski definition) is 0. The topological polar surface area (TPSA) is 79.7 Å². The van der Waals surface area contributed by atoms with Gasteiger partial charge < -0.3 is 18.8 Å². The van der Waals surface area contributed by atoms with Gasteiger partial charge in [0.2, 0.25) is 6.79 Å². The van der Waals surface area contributed by atoms with E-state index in [2.05, 4.69) is 9.72 Å². The molecule has 0 aliphatic heterocycles. The largest absolute Gasteiger partial charge is 0.511 e. The van der Waals surface area contributed by atoms with Crippen LogP contribution in [0.2, 0.25) is 0 Å². The Kier molecular flexibility index (Phi) is 6.36. The number of hydrogen-bond acceptors (Lipinski definition) is 6. The van der Waals surface area contributed by atoms with Gasteiger partial charge in [-0.25, -0.2) is 14.6 Å². The predicted octanol–water partition coefficient (Wildman–Crippen LogP) is 3.17. The van der Waals surface area contributed by atoms with Crippen molar-refractivity contribution in [1.29, 1.82) is 0 Å². The maximum atomic E-state index is 12.1. The molecule has 0 N–H and O–H groups in total. The lowest BCUT2D eigenvalue weighted by Gasteiger charge is -2.16. The van der Waals surface area contributed by atoms with Gasteiger partial charge >= 0.3 is 12.1 Å². The average molecular weight is 332 g/mol. The van der Waals surface area contributed by atoms with Gasteiger partial charge in [-0.3, -0.25) is 0 Å². The lowest BCUT2D eigenvalue weighted by atomic mass is 10.1. The first-order chi connectivity index (χ1) is 11.6. The molecule has 0 saturated carbocycles. The second-order valence-corrected chi connectivity index (χ2v) is 5.07. The number of ether oxygens (including phenoxy) is 3. The number of nitrogens with zero attached hydrogens (tertiary/aromatic N) is 2. The summed E-state index contributed by atoms with van der Waals surface area (Å²) in [5, 5.41) is 0. The van der Waals surface area contributed by atoms with Crippen LogP contribution in [-0.4, -0.2) is 35.1 Å². The van der Waals surface area contributed by atoms with Crippen LogP contribution in [-0.2, 0) is 14.2 Å². The molecule has 0 spiro atoms. The van der Waals surface area contributed by atoms with E-state index in [-0.39, 0.29) is 18.3 Å². The number of carbonyl (C=O) groups excluding carboxylic acids is 2. The van der Waals surface area contributed by atoms with Crippen LogP contribution in [0.4, 0.5) is 4.79 Å². The Morgan fingerprint density at radius 2 is 1.92 bits per heavy atom. The van der Waals surface area contributed by atoms with E-state index in [9.17, 15) is 9.59 Å². The molecule has 0 radical (unpaired) electrons. The van der Waals surface area contributed by atoms with E-state index in [0.717, 1.165) is 5.56 Å². The Balaban J connectivity index is 1.94. The van der Waals surface area contributed by atoms with Crippen molar-refractivity contribution in [2.45, 2.75) is 26.3 Å². The zero-order valence-electron chi connectivity index (χ0n) is 13.7. The highest BCUT2D eigenvalue weighted by molar-refractivity contribution is 5.87. The third-order valence-electron chi connectivity index (χ3n) is 3.37. The van der Waals surface area contributed by atoms with Crippen LogP contribution >= 0.6 is 0 Å². The second kappa shape index (κ2) is 8.71. The van der Waals surface area contributed by atoms with Crippen molar-refractivity contribution < 1.29 is 23.8 Å². The van der Waals surface area contributed by atoms with Crippen molar-refractivity contribution in [3.63, 3.8) is 0 Å². The number of rotatable bonds is 7. The SMILES string of the molecule is CCCOC(=O)OCOC(=O)c1cncn1[C@H](C)c1ccccc1. The summed E-state index contributed by atoms with van der Waals surface area (Å²) in [5.74, 6) is -0.626. The smallest absolute Gasteiger partial charge is 0.434 e. The zero-order chi connectivity index (χ0) is 17.4. The van der Waals surface area contributed by atoms with Gasteiger partial charge in [0, 0.05) is 0 Å². The van der Waals surface area contributed by atoms with Gasteiger partial charge in [-0.2, -0.15) is 0 Å². The summed E-state index contributed by atoms with van der Waals surface area (Å²) < 4.78 is 16.0. The van der Waals surface area contributed by atoms with E-state index in [1.54, 1.807) is 10.9 Å². The molecule has 2 aromatic rings. The number of carbonyl (C=O) groups is 2. The highest BCUT2D eigenvalue weighted by atomic mass is 16.8. The summed E-state index contributed by atoms with van der Waals surface area (Å²) >= 11 is 0. The maximum absolute atomic E-state index is 12.1. The summed E-state index contributed by atoms with van der Waals surface area (Å²) in [6.07, 6.45) is 2.79. The van der Waals surface area contributed by atoms with Crippen molar-refractivity contribution in [2.75, 3.05) is 13.4 Å². The fraction of sp³-hybridized carbons (Fsp3) is 0.353. The van der Waals surface area contributed by atoms with Gasteiger partial charge in [-0.1, -0.05) is 37.3 Å². The van der Waals surface area contributed by atoms with Crippen LogP contribution in [0.25, 0.3) is 0 Å². The molecule has 1 heterocycles. The molecule has 0 unspecified atom stereocenters. The normalized spacial score (nSPS) is 11.6. The second-order valence-electron chi connectivity index (χ2n) is 5.07. The van der Waals surface area contributed by atoms with Gasteiger partial charge in [0.25, 0.3) is 0 Å². The molecule has 7 nitrogen and oxygen atoms in total. The van der Waals surface area contributed by atoms with Crippen molar-refractivity contribution in [1.82, 2.24) is 9.55 Å². The molecule has 128 valence electrons. The summed E-state index contributed by atoms with van der Waals surface area (Å²) in [6.45, 7) is 3.56. The van der Waals surface area contributed by atoms with Crippen LogP contribution in [0.15, 0.2) is 42.9 Å². The van der Waals surface area contributed by atoms with E-state index in [1.165, 1.54) is 6.20 Å². The molecule has 0 fully saturated rings. The van der Waals surface area contributed by atoms with Gasteiger partial charge in [-0.15, -0.1) is 0 Å². The molecule has 2 rings (SSSR count). The average Bonchev–Trinajstić information content (AvgIpc) is 3.09. The van der Waals surface area contributed by atoms with E-state index >= 15 is 0 Å². The standard InChI is InChI=1S/C17H20N2O5/c1-3-9-22-17(21)24-12-23-16(20)15-10-18-11-19(15)13(2)14-7-5-4-6-8-14/h4-8,10-11,13H,3,9,12H2,1-2H3/t13-/m1/s1. The van der Waals surface area contributed by atoms with Crippen molar-refractivity contribution >= 4 is 12.1 Å². The van der Waals surface area contributed by atoms with E-state index < -0.39 is 18.9 Å². The number of aromatic nitrogens is 2. The summed E-state index contributed by atoms with van der Waals surface area (Å²) in [7, 11) is 0. The summed E-state index contributed by atoms with van der Waals surface area (Å²) in [4.78, 5) is 27.3. The molecule has 0 bridgehead atoms. The Bertz CT molecular complexity index is 669.